The highest BCUT2D eigenvalue weighted by Crippen LogP contribution is 2.24. The second-order valence-corrected chi connectivity index (χ2v) is 7.70. The normalized spacial score (nSPS) is 10.6. The van der Waals surface area contributed by atoms with Crippen molar-refractivity contribution in [1.82, 2.24) is 15.1 Å². The van der Waals surface area contributed by atoms with Gasteiger partial charge in [0.15, 0.2) is 0 Å². The minimum atomic E-state index is -0.266. The maximum absolute atomic E-state index is 12.3. The summed E-state index contributed by atoms with van der Waals surface area (Å²) in [6.45, 7) is 1.92. The molecule has 0 saturated carbocycles. The smallest absolute Gasteiger partial charge is 0.277 e. The van der Waals surface area contributed by atoms with Crippen LogP contribution < -0.4 is 5.32 Å². The number of benzene rings is 2. The fraction of sp³-hybridized carbons (Fsp3) is 0.200. The fourth-order valence-corrected chi connectivity index (χ4v) is 3.18. The Hall–Kier alpha value is -2.84. The van der Waals surface area contributed by atoms with Crippen LogP contribution >= 0.6 is 23.4 Å². The molecule has 3 rings (SSSR count). The van der Waals surface area contributed by atoms with Crippen molar-refractivity contribution >= 4 is 40.9 Å². The van der Waals surface area contributed by atoms with Crippen molar-refractivity contribution in [2.75, 3.05) is 24.7 Å². The molecule has 0 unspecified atom stereocenters. The Bertz CT molecular complexity index is 990. The monoisotopic (exact) mass is 430 g/mol. The zero-order valence-electron chi connectivity index (χ0n) is 15.9. The van der Waals surface area contributed by atoms with E-state index in [1.54, 1.807) is 31.3 Å². The van der Waals surface area contributed by atoms with Crippen molar-refractivity contribution < 1.29 is 14.0 Å². The number of amides is 2. The van der Waals surface area contributed by atoms with Gasteiger partial charge in [-0.1, -0.05) is 41.1 Å². The predicted octanol–water partition coefficient (Wildman–Crippen LogP) is 3.89. The van der Waals surface area contributed by atoms with E-state index in [0.29, 0.717) is 16.6 Å². The first-order valence-corrected chi connectivity index (χ1v) is 10.1. The third kappa shape index (κ3) is 6.07. The molecule has 0 aliphatic carbocycles. The fourth-order valence-electron chi connectivity index (χ4n) is 2.35. The van der Waals surface area contributed by atoms with Crippen LogP contribution in [0.15, 0.2) is 58.2 Å². The summed E-state index contributed by atoms with van der Waals surface area (Å²) in [5.41, 5.74) is 2.54. The van der Waals surface area contributed by atoms with E-state index in [0.717, 1.165) is 22.9 Å². The Labute approximate surface area is 177 Å². The number of rotatable bonds is 7. The first-order chi connectivity index (χ1) is 13.9. The highest BCUT2D eigenvalue weighted by atomic mass is 35.5. The van der Waals surface area contributed by atoms with E-state index >= 15 is 0 Å². The quantitative estimate of drug-likeness (QED) is 0.572. The van der Waals surface area contributed by atoms with Crippen LogP contribution in [0.2, 0.25) is 5.02 Å². The van der Waals surface area contributed by atoms with Crippen LogP contribution in [0.5, 0.6) is 0 Å². The van der Waals surface area contributed by atoms with E-state index in [1.807, 2.05) is 31.2 Å². The van der Waals surface area contributed by atoms with E-state index < -0.39 is 0 Å². The maximum atomic E-state index is 12.3. The number of hydrogen-bond acceptors (Lipinski definition) is 6. The van der Waals surface area contributed by atoms with Gasteiger partial charge in [0.2, 0.25) is 17.7 Å². The van der Waals surface area contributed by atoms with Crippen LogP contribution in [-0.4, -0.2) is 46.3 Å². The highest BCUT2D eigenvalue weighted by Gasteiger charge is 2.16. The first kappa shape index (κ1) is 20.9. The molecule has 1 heterocycles. The molecule has 0 fully saturated rings. The highest BCUT2D eigenvalue weighted by molar-refractivity contribution is 7.99. The number of nitrogens with one attached hydrogen (secondary N) is 1. The van der Waals surface area contributed by atoms with Gasteiger partial charge in [0.25, 0.3) is 5.22 Å². The Morgan fingerprint density at radius 1 is 1.10 bits per heavy atom. The summed E-state index contributed by atoms with van der Waals surface area (Å²) < 4.78 is 5.56. The van der Waals surface area contributed by atoms with Crippen molar-refractivity contribution in [3.63, 3.8) is 0 Å². The summed E-state index contributed by atoms with van der Waals surface area (Å²) in [5, 5.41) is 11.6. The van der Waals surface area contributed by atoms with Gasteiger partial charge in [0.05, 0.1) is 12.3 Å². The molecule has 1 aromatic heterocycles. The van der Waals surface area contributed by atoms with E-state index in [9.17, 15) is 9.59 Å². The van der Waals surface area contributed by atoms with E-state index in [4.69, 9.17) is 16.0 Å². The molecule has 3 aromatic rings. The van der Waals surface area contributed by atoms with Gasteiger partial charge in [-0.2, -0.15) is 0 Å². The number of aromatic nitrogens is 2. The summed E-state index contributed by atoms with van der Waals surface area (Å²) in [4.78, 5) is 25.7. The van der Waals surface area contributed by atoms with Crippen LogP contribution in [0.4, 0.5) is 5.69 Å². The lowest BCUT2D eigenvalue weighted by Crippen LogP contribution is -2.35. The van der Waals surface area contributed by atoms with Gasteiger partial charge in [-0.05, 0) is 43.3 Å². The van der Waals surface area contributed by atoms with E-state index in [-0.39, 0.29) is 29.3 Å². The van der Waals surface area contributed by atoms with Crippen molar-refractivity contribution in [1.29, 1.82) is 0 Å². The Balaban J connectivity index is 1.48. The molecule has 0 radical (unpaired) electrons. The number of anilines is 1. The number of hydrogen-bond donors (Lipinski definition) is 1. The molecule has 2 amide bonds. The van der Waals surface area contributed by atoms with Gasteiger partial charge < -0.3 is 14.6 Å². The second-order valence-electron chi connectivity index (χ2n) is 6.33. The number of likely N-dealkylation sites (N-methyl/N-ethyl adjacent to an activating group) is 1. The number of thioether (sulfide) groups is 1. The Morgan fingerprint density at radius 2 is 1.79 bits per heavy atom. The van der Waals surface area contributed by atoms with Gasteiger partial charge >= 0.3 is 0 Å². The van der Waals surface area contributed by atoms with E-state index in [1.165, 1.54) is 4.90 Å². The molecule has 0 saturated heterocycles. The Kier molecular flexibility index (Phi) is 6.90. The van der Waals surface area contributed by atoms with Crippen molar-refractivity contribution in [2.45, 2.75) is 12.1 Å². The third-order valence-corrected chi connectivity index (χ3v) is 5.01. The molecule has 0 bridgehead atoms. The molecule has 0 aliphatic rings. The average Bonchev–Trinajstić information content (AvgIpc) is 3.17. The minimum Gasteiger partial charge on any atom is -0.411 e. The number of halogens is 1. The average molecular weight is 431 g/mol. The van der Waals surface area contributed by atoms with Crippen molar-refractivity contribution in [3.05, 3.63) is 59.1 Å². The van der Waals surface area contributed by atoms with Gasteiger partial charge in [-0.3, -0.25) is 9.59 Å². The predicted molar refractivity (Wildman–Crippen MR) is 113 cm³/mol. The van der Waals surface area contributed by atoms with Gasteiger partial charge in [-0.15, -0.1) is 10.2 Å². The lowest BCUT2D eigenvalue weighted by molar-refractivity contribution is -0.131. The zero-order valence-corrected chi connectivity index (χ0v) is 17.5. The summed E-state index contributed by atoms with van der Waals surface area (Å²) in [7, 11) is 1.57. The summed E-state index contributed by atoms with van der Waals surface area (Å²) in [5.74, 6) is -0.0587. The molecule has 7 nitrogen and oxygen atoms in total. The Morgan fingerprint density at radius 3 is 2.48 bits per heavy atom. The standard InChI is InChI=1S/C20H19ClN4O3S/c1-13-3-9-16(10-4-13)22-17(26)11-25(2)18(27)12-29-20-24-23-19(28-20)14-5-7-15(21)8-6-14/h3-10H,11-12H2,1-2H3,(H,22,26). The minimum absolute atomic E-state index is 0.0485. The molecular weight excluding hydrogens is 412 g/mol. The van der Waals surface area contributed by atoms with Gasteiger partial charge in [0, 0.05) is 23.3 Å². The van der Waals surface area contributed by atoms with Crippen LogP contribution in [-0.2, 0) is 9.59 Å². The molecule has 0 atom stereocenters. The molecule has 29 heavy (non-hydrogen) atoms. The molecule has 0 aliphatic heterocycles. The molecule has 9 heteroatoms. The van der Waals surface area contributed by atoms with E-state index in [2.05, 4.69) is 15.5 Å². The maximum Gasteiger partial charge on any atom is 0.277 e. The number of nitrogens with zero attached hydrogens (tertiary/aromatic N) is 3. The third-order valence-electron chi connectivity index (χ3n) is 3.96. The molecular formula is C20H19ClN4O3S. The van der Waals surface area contributed by atoms with Gasteiger partial charge in [-0.25, -0.2) is 0 Å². The number of carbonyl (C=O) groups excluding carboxylic acids is 2. The first-order valence-electron chi connectivity index (χ1n) is 8.73. The second kappa shape index (κ2) is 9.58. The largest absolute Gasteiger partial charge is 0.411 e. The molecule has 1 N–H and O–H groups in total. The SMILES string of the molecule is Cc1ccc(NC(=O)CN(C)C(=O)CSc2nnc(-c3ccc(Cl)cc3)o2)cc1. The molecule has 150 valence electrons. The van der Waals surface area contributed by atoms with Gasteiger partial charge in [0.1, 0.15) is 0 Å². The number of aryl methyl sites for hydroxylation is 1. The topological polar surface area (TPSA) is 88.3 Å². The van der Waals surface area contributed by atoms with Crippen molar-refractivity contribution in [3.8, 4) is 11.5 Å². The van der Waals surface area contributed by atoms with Crippen molar-refractivity contribution in [2.24, 2.45) is 0 Å². The summed E-state index contributed by atoms with van der Waals surface area (Å²) in [6.07, 6.45) is 0. The van der Waals surface area contributed by atoms with Crippen LogP contribution in [0.1, 0.15) is 5.56 Å². The number of carbonyl (C=O) groups is 2. The summed E-state index contributed by atoms with van der Waals surface area (Å²) >= 11 is 6.98. The molecule has 2 aromatic carbocycles. The lowest BCUT2D eigenvalue weighted by Gasteiger charge is -2.16. The van der Waals surface area contributed by atoms with Crippen LogP contribution in [0.25, 0.3) is 11.5 Å². The summed E-state index contributed by atoms with van der Waals surface area (Å²) in [6, 6.07) is 14.5. The lowest BCUT2D eigenvalue weighted by atomic mass is 10.2. The van der Waals surface area contributed by atoms with Crippen LogP contribution in [0, 0.1) is 6.92 Å². The zero-order chi connectivity index (χ0) is 20.8. The van der Waals surface area contributed by atoms with Crippen LogP contribution in [0.3, 0.4) is 0 Å². The molecule has 0 spiro atoms.